The number of nitrogens with two attached hydrogens (primary N) is 1. The second kappa shape index (κ2) is 8.06. The molecule has 0 atom stereocenters. The van der Waals surface area contributed by atoms with Crippen LogP contribution in [0.3, 0.4) is 0 Å². The Labute approximate surface area is 156 Å². The third-order valence-corrected chi connectivity index (χ3v) is 4.16. The van der Waals surface area contributed by atoms with Gasteiger partial charge < -0.3 is 10.5 Å². The molecule has 0 aliphatic rings. The van der Waals surface area contributed by atoms with Crippen LogP contribution in [0, 0.1) is 0 Å². The van der Waals surface area contributed by atoms with Crippen molar-refractivity contribution in [3.05, 3.63) is 87.9 Å². The predicted octanol–water partition coefficient (Wildman–Crippen LogP) is 5.91. The maximum atomic E-state index is 6.02. The van der Waals surface area contributed by atoms with Gasteiger partial charge in [-0.3, -0.25) is 4.99 Å². The first-order valence-electron chi connectivity index (χ1n) is 7.67. The Balaban J connectivity index is 1.71. The van der Waals surface area contributed by atoms with Crippen LogP contribution < -0.4 is 10.5 Å². The summed E-state index contributed by atoms with van der Waals surface area (Å²) in [4.78, 5) is 4.39. The Morgan fingerprint density at radius 1 is 0.920 bits per heavy atom. The number of anilines is 1. The number of hydrogen-bond acceptors (Lipinski definition) is 3. The van der Waals surface area contributed by atoms with Gasteiger partial charge in [0.05, 0.1) is 21.4 Å². The van der Waals surface area contributed by atoms with Gasteiger partial charge in [-0.05, 0) is 35.4 Å². The fourth-order valence-electron chi connectivity index (χ4n) is 2.22. The first-order chi connectivity index (χ1) is 12.1. The van der Waals surface area contributed by atoms with Crippen molar-refractivity contribution in [1.82, 2.24) is 0 Å². The van der Waals surface area contributed by atoms with Crippen LogP contribution in [0.2, 0.25) is 10.0 Å². The highest BCUT2D eigenvalue weighted by molar-refractivity contribution is 6.39. The highest BCUT2D eigenvalue weighted by atomic mass is 35.5. The van der Waals surface area contributed by atoms with Gasteiger partial charge in [-0.25, -0.2) is 0 Å². The first kappa shape index (κ1) is 17.3. The largest absolute Gasteiger partial charge is 0.489 e. The Bertz CT molecular complexity index is 872. The zero-order valence-electron chi connectivity index (χ0n) is 13.3. The van der Waals surface area contributed by atoms with Gasteiger partial charge >= 0.3 is 0 Å². The molecule has 0 aromatic heterocycles. The SMILES string of the molecule is Nc1c(Cl)cc(N=Cc2cccc(OCc3ccccc3)c2)cc1Cl. The average molecular weight is 371 g/mol. The van der Waals surface area contributed by atoms with Crippen LogP contribution in [-0.2, 0) is 6.61 Å². The van der Waals surface area contributed by atoms with Crippen LogP contribution in [0.4, 0.5) is 11.4 Å². The highest BCUT2D eigenvalue weighted by Gasteiger charge is 2.04. The van der Waals surface area contributed by atoms with Gasteiger partial charge in [-0.15, -0.1) is 0 Å². The normalized spacial score (nSPS) is 11.0. The van der Waals surface area contributed by atoms with E-state index in [1.807, 2.05) is 54.6 Å². The Kier molecular flexibility index (Phi) is 5.59. The number of ether oxygens (including phenoxy) is 1. The zero-order chi connectivity index (χ0) is 17.6. The topological polar surface area (TPSA) is 47.6 Å². The van der Waals surface area contributed by atoms with Gasteiger partial charge in [0.2, 0.25) is 0 Å². The molecule has 0 radical (unpaired) electrons. The lowest BCUT2D eigenvalue weighted by atomic mass is 10.2. The van der Waals surface area contributed by atoms with Crippen molar-refractivity contribution in [2.45, 2.75) is 6.61 Å². The third-order valence-electron chi connectivity index (χ3n) is 3.53. The van der Waals surface area contributed by atoms with Crippen LogP contribution in [0.25, 0.3) is 0 Å². The molecule has 25 heavy (non-hydrogen) atoms. The minimum absolute atomic E-state index is 0.360. The zero-order valence-corrected chi connectivity index (χ0v) is 14.8. The fraction of sp³-hybridized carbons (Fsp3) is 0.0500. The number of aliphatic imine (C=N–C) groups is 1. The van der Waals surface area contributed by atoms with E-state index in [0.717, 1.165) is 16.9 Å². The number of nitrogen functional groups attached to an aromatic ring is 1. The molecule has 3 rings (SSSR count). The second-order valence-electron chi connectivity index (χ2n) is 5.43. The average Bonchev–Trinajstić information content (AvgIpc) is 2.64. The maximum Gasteiger partial charge on any atom is 0.120 e. The van der Waals surface area contributed by atoms with Crippen molar-refractivity contribution >= 4 is 40.8 Å². The summed E-state index contributed by atoms with van der Waals surface area (Å²) in [6, 6.07) is 21.1. The summed E-state index contributed by atoms with van der Waals surface area (Å²) < 4.78 is 5.82. The van der Waals surface area contributed by atoms with Gasteiger partial charge in [0.1, 0.15) is 12.4 Å². The molecule has 0 unspecified atom stereocenters. The van der Waals surface area contributed by atoms with Crippen molar-refractivity contribution in [3.8, 4) is 5.75 Å². The summed E-state index contributed by atoms with van der Waals surface area (Å²) in [6.45, 7) is 0.518. The summed E-state index contributed by atoms with van der Waals surface area (Å²) in [5, 5.41) is 0.777. The van der Waals surface area contributed by atoms with Crippen LogP contribution in [-0.4, -0.2) is 6.21 Å². The fourth-order valence-corrected chi connectivity index (χ4v) is 2.70. The number of benzene rings is 3. The van der Waals surface area contributed by atoms with E-state index in [-0.39, 0.29) is 0 Å². The van der Waals surface area contributed by atoms with E-state index in [0.29, 0.717) is 28.0 Å². The molecule has 0 aliphatic heterocycles. The molecule has 0 bridgehead atoms. The van der Waals surface area contributed by atoms with Gasteiger partial charge in [0.25, 0.3) is 0 Å². The van der Waals surface area contributed by atoms with E-state index < -0.39 is 0 Å². The lowest BCUT2D eigenvalue weighted by molar-refractivity contribution is 0.306. The van der Waals surface area contributed by atoms with Crippen molar-refractivity contribution in [2.75, 3.05) is 5.73 Å². The summed E-state index contributed by atoms with van der Waals surface area (Å²) in [5.74, 6) is 0.779. The van der Waals surface area contributed by atoms with Gasteiger partial charge in [0, 0.05) is 6.21 Å². The van der Waals surface area contributed by atoms with Crippen molar-refractivity contribution in [2.24, 2.45) is 4.99 Å². The smallest absolute Gasteiger partial charge is 0.120 e. The Morgan fingerprint density at radius 2 is 1.64 bits per heavy atom. The van der Waals surface area contributed by atoms with Crippen molar-refractivity contribution in [3.63, 3.8) is 0 Å². The third kappa shape index (κ3) is 4.75. The molecule has 3 aromatic rings. The van der Waals surface area contributed by atoms with Crippen LogP contribution >= 0.6 is 23.2 Å². The Morgan fingerprint density at radius 3 is 2.36 bits per heavy atom. The lowest BCUT2D eigenvalue weighted by Gasteiger charge is -2.07. The summed E-state index contributed by atoms with van der Waals surface area (Å²) in [7, 11) is 0. The molecule has 126 valence electrons. The first-order valence-corrected chi connectivity index (χ1v) is 8.43. The van der Waals surface area contributed by atoms with Crippen LogP contribution in [0.5, 0.6) is 5.75 Å². The molecule has 5 heteroatoms. The molecule has 0 spiro atoms. The van der Waals surface area contributed by atoms with Crippen molar-refractivity contribution in [1.29, 1.82) is 0 Å². The number of rotatable bonds is 5. The number of nitrogens with zero attached hydrogens (tertiary/aromatic N) is 1. The van der Waals surface area contributed by atoms with Crippen molar-refractivity contribution < 1.29 is 4.74 Å². The second-order valence-corrected chi connectivity index (χ2v) is 6.24. The number of hydrogen-bond donors (Lipinski definition) is 1. The molecule has 0 aliphatic carbocycles. The molecule has 3 aromatic carbocycles. The molecule has 3 nitrogen and oxygen atoms in total. The maximum absolute atomic E-state index is 6.02. The lowest BCUT2D eigenvalue weighted by Crippen LogP contribution is -1.95. The quantitative estimate of drug-likeness (QED) is 0.448. The molecular weight excluding hydrogens is 355 g/mol. The molecule has 0 saturated carbocycles. The Hall–Kier alpha value is -2.49. The van der Waals surface area contributed by atoms with E-state index >= 15 is 0 Å². The molecule has 0 amide bonds. The minimum atomic E-state index is 0.360. The summed E-state index contributed by atoms with van der Waals surface area (Å²) in [5.41, 5.74) is 8.76. The van der Waals surface area contributed by atoms with Crippen LogP contribution in [0.15, 0.2) is 71.7 Å². The number of halogens is 2. The monoisotopic (exact) mass is 370 g/mol. The summed E-state index contributed by atoms with van der Waals surface area (Å²) >= 11 is 12.0. The molecule has 0 heterocycles. The van der Waals surface area contributed by atoms with E-state index in [4.69, 9.17) is 33.7 Å². The molecular formula is C20H16Cl2N2O. The van der Waals surface area contributed by atoms with Crippen LogP contribution in [0.1, 0.15) is 11.1 Å². The minimum Gasteiger partial charge on any atom is -0.489 e. The molecule has 0 saturated heterocycles. The summed E-state index contributed by atoms with van der Waals surface area (Å²) in [6.07, 6.45) is 1.73. The van der Waals surface area contributed by atoms with E-state index in [1.54, 1.807) is 18.3 Å². The molecule has 0 fully saturated rings. The highest BCUT2D eigenvalue weighted by Crippen LogP contribution is 2.32. The van der Waals surface area contributed by atoms with Gasteiger partial charge in [0.15, 0.2) is 0 Å². The van der Waals surface area contributed by atoms with E-state index in [2.05, 4.69) is 4.99 Å². The van der Waals surface area contributed by atoms with E-state index in [9.17, 15) is 0 Å². The van der Waals surface area contributed by atoms with Gasteiger partial charge in [-0.1, -0.05) is 65.7 Å². The predicted molar refractivity (Wildman–Crippen MR) is 105 cm³/mol. The molecule has 2 N–H and O–H groups in total. The standard InChI is InChI=1S/C20H16Cl2N2O/c21-18-10-16(11-19(22)20(18)23)24-12-15-7-4-8-17(9-15)25-13-14-5-2-1-3-6-14/h1-12H,13,23H2. The van der Waals surface area contributed by atoms with Gasteiger partial charge in [-0.2, -0.15) is 0 Å². The van der Waals surface area contributed by atoms with E-state index in [1.165, 1.54) is 0 Å².